The lowest BCUT2D eigenvalue weighted by Gasteiger charge is -2.06. The molecule has 0 saturated heterocycles. The first-order valence-corrected chi connectivity index (χ1v) is 5.51. The van der Waals surface area contributed by atoms with Crippen LogP contribution in [0.2, 0.25) is 0 Å². The molecule has 0 fully saturated rings. The van der Waals surface area contributed by atoms with E-state index in [1.54, 1.807) is 11.3 Å². The van der Waals surface area contributed by atoms with Gasteiger partial charge in [0.2, 0.25) is 0 Å². The highest BCUT2D eigenvalue weighted by molar-refractivity contribution is 9.10. The average molecular weight is 246 g/mol. The molecule has 0 aliphatic heterocycles. The van der Waals surface area contributed by atoms with Gasteiger partial charge in [-0.15, -0.1) is 17.9 Å². The molecule has 1 nitrogen and oxygen atoms in total. The van der Waals surface area contributed by atoms with Gasteiger partial charge in [-0.1, -0.05) is 6.08 Å². The van der Waals surface area contributed by atoms with Gasteiger partial charge >= 0.3 is 0 Å². The third-order valence-corrected chi connectivity index (χ3v) is 3.46. The van der Waals surface area contributed by atoms with Gasteiger partial charge in [0.05, 0.1) is 0 Å². The first-order chi connectivity index (χ1) is 5.74. The van der Waals surface area contributed by atoms with Gasteiger partial charge in [0.15, 0.2) is 0 Å². The molecule has 0 aliphatic rings. The number of allylic oxidation sites excluding steroid dienone is 1. The van der Waals surface area contributed by atoms with E-state index in [1.807, 2.05) is 6.08 Å². The molecule has 0 spiro atoms. The van der Waals surface area contributed by atoms with Crippen LogP contribution >= 0.6 is 27.3 Å². The zero-order valence-electron chi connectivity index (χ0n) is 6.79. The van der Waals surface area contributed by atoms with Gasteiger partial charge in [-0.3, -0.25) is 0 Å². The van der Waals surface area contributed by atoms with E-state index >= 15 is 0 Å². The van der Waals surface area contributed by atoms with E-state index in [4.69, 9.17) is 5.73 Å². The number of hydrogen-bond donors (Lipinski definition) is 1. The van der Waals surface area contributed by atoms with Crippen molar-refractivity contribution in [3.05, 3.63) is 33.5 Å². The first kappa shape index (κ1) is 9.96. The third-order valence-electron chi connectivity index (χ3n) is 1.63. The minimum atomic E-state index is 0.166. The average Bonchev–Trinajstić information content (AvgIpc) is 2.47. The van der Waals surface area contributed by atoms with Crippen LogP contribution in [0.3, 0.4) is 0 Å². The van der Waals surface area contributed by atoms with Crippen LogP contribution in [-0.2, 0) is 0 Å². The van der Waals surface area contributed by atoms with Gasteiger partial charge in [0.25, 0.3) is 0 Å². The van der Waals surface area contributed by atoms with Crippen molar-refractivity contribution >= 4 is 27.3 Å². The topological polar surface area (TPSA) is 26.0 Å². The van der Waals surface area contributed by atoms with Crippen LogP contribution in [0.4, 0.5) is 0 Å². The number of thiophene rings is 1. The normalized spacial score (nSPS) is 12.8. The summed E-state index contributed by atoms with van der Waals surface area (Å²) in [7, 11) is 0. The molecule has 1 aromatic heterocycles. The van der Waals surface area contributed by atoms with Gasteiger partial charge < -0.3 is 5.73 Å². The second kappa shape index (κ2) is 4.80. The van der Waals surface area contributed by atoms with Crippen molar-refractivity contribution in [3.63, 3.8) is 0 Å². The summed E-state index contributed by atoms with van der Waals surface area (Å²) in [5.41, 5.74) is 5.94. The summed E-state index contributed by atoms with van der Waals surface area (Å²) < 4.78 is 1.12. The van der Waals surface area contributed by atoms with Crippen molar-refractivity contribution in [2.24, 2.45) is 5.73 Å². The molecule has 0 saturated carbocycles. The Morgan fingerprint density at radius 2 is 2.50 bits per heavy atom. The van der Waals surface area contributed by atoms with Gasteiger partial charge in [-0.25, -0.2) is 0 Å². The number of halogens is 1. The SMILES string of the molecule is C=CCC[C@H](N)c1cc(Br)cs1. The van der Waals surface area contributed by atoms with Crippen molar-refractivity contribution < 1.29 is 0 Å². The molecule has 0 aliphatic carbocycles. The Morgan fingerprint density at radius 3 is 3.00 bits per heavy atom. The number of nitrogens with two attached hydrogens (primary N) is 1. The predicted octanol–water partition coefficient (Wildman–Crippen LogP) is 3.48. The maximum absolute atomic E-state index is 5.94. The van der Waals surface area contributed by atoms with E-state index in [-0.39, 0.29) is 6.04 Å². The second-order valence-electron chi connectivity index (χ2n) is 2.64. The van der Waals surface area contributed by atoms with Gasteiger partial charge in [-0.05, 0) is 34.8 Å². The lowest BCUT2D eigenvalue weighted by atomic mass is 10.1. The smallest absolute Gasteiger partial charge is 0.0393 e. The van der Waals surface area contributed by atoms with Crippen molar-refractivity contribution in [1.82, 2.24) is 0 Å². The zero-order chi connectivity index (χ0) is 8.97. The van der Waals surface area contributed by atoms with Gasteiger partial charge in [-0.2, -0.15) is 0 Å². The van der Waals surface area contributed by atoms with Crippen molar-refractivity contribution in [2.45, 2.75) is 18.9 Å². The van der Waals surface area contributed by atoms with E-state index in [9.17, 15) is 0 Å². The summed E-state index contributed by atoms with van der Waals surface area (Å²) in [6.45, 7) is 3.67. The molecule has 66 valence electrons. The fourth-order valence-corrected chi connectivity index (χ4v) is 2.45. The molecule has 0 unspecified atom stereocenters. The molecule has 1 rings (SSSR count). The molecule has 3 heteroatoms. The van der Waals surface area contributed by atoms with Crippen LogP contribution in [-0.4, -0.2) is 0 Å². The second-order valence-corrected chi connectivity index (χ2v) is 4.50. The minimum Gasteiger partial charge on any atom is -0.323 e. The molecule has 1 heterocycles. The van der Waals surface area contributed by atoms with E-state index < -0.39 is 0 Å². The van der Waals surface area contributed by atoms with Crippen molar-refractivity contribution in [1.29, 1.82) is 0 Å². The Morgan fingerprint density at radius 1 is 1.75 bits per heavy atom. The Bertz CT molecular complexity index is 257. The lowest BCUT2D eigenvalue weighted by molar-refractivity contribution is 0.672. The van der Waals surface area contributed by atoms with Crippen LogP contribution in [0.25, 0.3) is 0 Å². The molecule has 0 amide bonds. The quantitative estimate of drug-likeness (QED) is 0.809. The predicted molar refractivity (Wildman–Crippen MR) is 58.4 cm³/mol. The minimum absolute atomic E-state index is 0.166. The maximum atomic E-state index is 5.94. The van der Waals surface area contributed by atoms with Crippen LogP contribution in [0.5, 0.6) is 0 Å². The van der Waals surface area contributed by atoms with E-state index in [0.717, 1.165) is 17.3 Å². The highest BCUT2D eigenvalue weighted by Gasteiger charge is 2.06. The Labute approximate surface area is 85.4 Å². The highest BCUT2D eigenvalue weighted by Crippen LogP contribution is 2.26. The summed E-state index contributed by atoms with van der Waals surface area (Å²) in [5, 5.41) is 2.06. The Kier molecular flexibility index (Phi) is 3.98. The van der Waals surface area contributed by atoms with Gasteiger partial charge in [0, 0.05) is 20.8 Å². The summed E-state index contributed by atoms with van der Waals surface area (Å²) in [4.78, 5) is 1.24. The molecular weight excluding hydrogens is 234 g/mol. The maximum Gasteiger partial charge on any atom is 0.0393 e. The summed E-state index contributed by atoms with van der Waals surface area (Å²) in [5.74, 6) is 0. The fourth-order valence-electron chi connectivity index (χ4n) is 0.962. The summed E-state index contributed by atoms with van der Waals surface area (Å²) in [6.07, 6.45) is 3.87. The molecule has 0 radical (unpaired) electrons. The third kappa shape index (κ3) is 2.73. The van der Waals surface area contributed by atoms with Crippen LogP contribution < -0.4 is 5.73 Å². The molecule has 1 atom stereocenters. The number of hydrogen-bond acceptors (Lipinski definition) is 2. The lowest BCUT2D eigenvalue weighted by Crippen LogP contribution is -2.07. The van der Waals surface area contributed by atoms with Gasteiger partial charge in [0.1, 0.15) is 0 Å². The first-order valence-electron chi connectivity index (χ1n) is 3.84. The van der Waals surface area contributed by atoms with Crippen LogP contribution in [0.15, 0.2) is 28.6 Å². The highest BCUT2D eigenvalue weighted by atomic mass is 79.9. The van der Waals surface area contributed by atoms with Crippen molar-refractivity contribution in [3.8, 4) is 0 Å². The largest absolute Gasteiger partial charge is 0.323 e. The number of rotatable bonds is 4. The summed E-state index contributed by atoms with van der Waals surface area (Å²) >= 11 is 5.11. The zero-order valence-corrected chi connectivity index (χ0v) is 9.20. The Hall–Kier alpha value is -0.120. The van der Waals surface area contributed by atoms with E-state index in [0.29, 0.717) is 0 Å². The standard InChI is InChI=1S/C9H12BrNS/c1-2-3-4-8(11)9-5-7(10)6-12-9/h2,5-6,8H,1,3-4,11H2/t8-/m0/s1. The summed E-state index contributed by atoms with van der Waals surface area (Å²) in [6, 6.07) is 2.25. The van der Waals surface area contributed by atoms with Crippen LogP contribution in [0, 0.1) is 0 Å². The molecule has 0 aromatic carbocycles. The molecular formula is C9H12BrNS. The fraction of sp³-hybridized carbons (Fsp3) is 0.333. The Balaban J connectivity index is 2.52. The molecule has 1 aromatic rings. The molecule has 2 N–H and O–H groups in total. The molecule has 0 bridgehead atoms. The van der Waals surface area contributed by atoms with Crippen molar-refractivity contribution in [2.75, 3.05) is 0 Å². The van der Waals surface area contributed by atoms with E-state index in [1.165, 1.54) is 4.88 Å². The van der Waals surface area contributed by atoms with E-state index in [2.05, 4.69) is 34.0 Å². The molecule has 12 heavy (non-hydrogen) atoms. The monoisotopic (exact) mass is 245 g/mol. The van der Waals surface area contributed by atoms with Crippen LogP contribution in [0.1, 0.15) is 23.8 Å².